The largest absolute Gasteiger partial charge is 0.673 e. The first-order chi connectivity index (χ1) is 10.0. The summed E-state index contributed by atoms with van der Waals surface area (Å²) in [7, 11) is -1.53. The molecule has 0 bridgehead atoms. The van der Waals surface area contributed by atoms with E-state index in [0.29, 0.717) is 19.0 Å². The second-order valence-corrected chi connectivity index (χ2v) is 7.15. The van der Waals surface area contributed by atoms with Crippen molar-refractivity contribution in [2.45, 2.75) is 53.0 Å². The lowest BCUT2D eigenvalue weighted by Crippen LogP contribution is -2.42. The van der Waals surface area contributed by atoms with Gasteiger partial charge in [0.25, 0.3) is 0 Å². The van der Waals surface area contributed by atoms with Crippen molar-refractivity contribution in [2.24, 2.45) is 15.3 Å². The minimum absolute atomic E-state index is 0.348. The van der Waals surface area contributed by atoms with Gasteiger partial charge in [-0.05, 0) is 33.1 Å². The molecule has 0 fully saturated rings. The Kier molecular flexibility index (Phi) is 10.4. The van der Waals surface area contributed by atoms with Crippen LogP contribution in [0.3, 0.4) is 0 Å². The normalized spacial score (nSPS) is 15.1. The van der Waals surface area contributed by atoms with E-state index in [4.69, 9.17) is 13.5 Å². The molecule has 0 heterocycles. The Balaban J connectivity index is 4.93. The topological polar surface area (TPSA) is 81.8 Å². The minimum atomic E-state index is -3.04. The van der Waals surface area contributed by atoms with Gasteiger partial charge < -0.3 is 13.5 Å². The fourth-order valence-corrected chi connectivity index (χ4v) is 2.88. The highest BCUT2D eigenvalue weighted by Crippen LogP contribution is 2.19. The Bertz CT molecular complexity index is 384. The smallest absolute Gasteiger partial charge is 0.383 e. The number of isocyanates is 1. The number of rotatable bonds is 11. The molecular weight excluding hydrogens is 290 g/mol. The zero-order chi connectivity index (χ0) is 16.1. The lowest BCUT2D eigenvalue weighted by Gasteiger charge is -2.22. The van der Waals surface area contributed by atoms with Crippen molar-refractivity contribution in [3.63, 3.8) is 0 Å². The van der Waals surface area contributed by atoms with E-state index >= 15 is 0 Å². The van der Waals surface area contributed by atoms with E-state index in [-0.39, 0.29) is 0 Å². The third-order valence-electron chi connectivity index (χ3n) is 2.83. The minimum Gasteiger partial charge on any atom is -0.383 e. The zero-order valence-corrected chi connectivity index (χ0v) is 14.5. The summed E-state index contributed by atoms with van der Waals surface area (Å²) in [6.45, 7) is 8.05. The maximum Gasteiger partial charge on any atom is 0.673 e. The van der Waals surface area contributed by atoms with Gasteiger partial charge in [0.05, 0.1) is 18.0 Å². The van der Waals surface area contributed by atoms with Gasteiger partial charge in [0.1, 0.15) is 0 Å². The average Bonchev–Trinajstić information content (AvgIpc) is 2.52. The van der Waals surface area contributed by atoms with Crippen molar-refractivity contribution in [1.82, 2.24) is 0 Å². The first-order valence-electron chi connectivity index (χ1n) is 7.05. The molecule has 8 heteroatoms. The summed E-state index contributed by atoms with van der Waals surface area (Å²) in [6.07, 6.45) is 3.64. The third-order valence-corrected chi connectivity index (χ3v) is 5.16. The van der Waals surface area contributed by atoms with Crippen LogP contribution in [0.2, 0.25) is 6.04 Å². The van der Waals surface area contributed by atoms with Gasteiger partial charge in [-0.25, -0.2) is 9.79 Å². The fraction of sp³-hybridized carbons (Fsp3) is 0.769. The summed E-state index contributed by atoms with van der Waals surface area (Å²) in [5.74, 6) is 0. The molecule has 0 aromatic carbocycles. The Morgan fingerprint density at radius 3 is 2.00 bits per heavy atom. The Morgan fingerprint density at radius 2 is 1.62 bits per heavy atom. The monoisotopic (exact) mass is 315 g/mol. The van der Waals surface area contributed by atoms with E-state index in [0.717, 1.165) is 24.3 Å². The van der Waals surface area contributed by atoms with Crippen LogP contribution in [0.15, 0.2) is 15.3 Å². The molecule has 0 unspecified atom stereocenters. The van der Waals surface area contributed by atoms with Crippen molar-refractivity contribution in [3.8, 4) is 0 Å². The highest BCUT2D eigenvalue weighted by Gasteiger charge is 2.46. The molecular formula is C13H25N3O4Si. The van der Waals surface area contributed by atoms with Crippen molar-refractivity contribution in [2.75, 3.05) is 13.7 Å². The number of hydrogen-bond donors (Lipinski definition) is 0. The fourth-order valence-electron chi connectivity index (χ4n) is 1.13. The van der Waals surface area contributed by atoms with Gasteiger partial charge in [0.15, 0.2) is 0 Å². The molecule has 0 N–H and O–H groups in total. The Morgan fingerprint density at radius 1 is 1.10 bits per heavy atom. The Labute approximate surface area is 127 Å². The van der Waals surface area contributed by atoms with E-state index in [2.05, 4.69) is 15.3 Å². The van der Waals surface area contributed by atoms with Crippen molar-refractivity contribution < 1.29 is 18.3 Å². The van der Waals surface area contributed by atoms with Crippen molar-refractivity contribution in [1.29, 1.82) is 0 Å². The van der Waals surface area contributed by atoms with E-state index in [1.54, 1.807) is 0 Å². The van der Waals surface area contributed by atoms with Crippen LogP contribution < -0.4 is 0 Å². The van der Waals surface area contributed by atoms with E-state index in [9.17, 15) is 4.79 Å². The van der Waals surface area contributed by atoms with E-state index < -0.39 is 8.80 Å². The molecule has 0 aliphatic carbocycles. The van der Waals surface area contributed by atoms with Gasteiger partial charge in [-0.15, -0.1) is 10.3 Å². The van der Waals surface area contributed by atoms with Crippen LogP contribution in [0.5, 0.6) is 0 Å². The quantitative estimate of drug-likeness (QED) is 0.193. The highest BCUT2D eigenvalue weighted by atomic mass is 28.4. The molecule has 0 atom stereocenters. The molecule has 7 nitrogen and oxygen atoms in total. The predicted molar refractivity (Wildman–Crippen MR) is 84.1 cm³/mol. The molecule has 0 saturated heterocycles. The molecule has 0 aliphatic rings. The number of nitrogens with zero attached hydrogens (tertiary/aromatic N) is 3. The second kappa shape index (κ2) is 11.2. The van der Waals surface area contributed by atoms with Crippen LogP contribution in [0, 0.1) is 0 Å². The van der Waals surface area contributed by atoms with Gasteiger partial charge in [-0.3, -0.25) is 0 Å². The van der Waals surface area contributed by atoms with Crippen molar-refractivity contribution in [3.05, 3.63) is 0 Å². The molecule has 120 valence electrons. The van der Waals surface area contributed by atoms with Crippen LogP contribution in [0.25, 0.3) is 0 Å². The van der Waals surface area contributed by atoms with Crippen LogP contribution in [-0.2, 0) is 18.3 Å². The molecule has 0 aromatic rings. The summed E-state index contributed by atoms with van der Waals surface area (Å²) in [5, 5.41) is 8.08. The van der Waals surface area contributed by atoms with Gasteiger partial charge in [0.2, 0.25) is 6.08 Å². The van der Waals surface area contributed by atoms with Gasteiger partial charge >= 0.3 is 8.80 Å². The second-order valence-electron chi connectivity index (χ2n) is 4.51. The molecule has 0 amide bonds. The van der Waals surface area contributed by atoms with Crippen LogP contribution in [0.4, 0.5) is 0 Å². The molecule has 21 heavy (non-hydrogen) atoms. The summed E-state index contributed by atoms with van der Waals surface area (Å²) < 4.78 is 16.5. The van der Waals surface area contributed by atoms with Crippen LogP contribution in [0.1, 0.15) is 47.0 Å². The number of carbonyl (C=O) groups excluding carboxylic acids is 1. The average molecular weight is 315 g/mol. The number of hydrogen-bond acceptors (Lipinski definition) is 7. The summed E-state index contributed by atoms with van der Waals surface area (Å²) in [5.41, 5.74) is 1.68. The standard InChI is InChI=1S/C13H25N3O4Si/c1-6-12(3)15-19-21(18-5,10-8-9-14-11-17)20-16-13(4)7-2/h6-10H2,1-5H3. The Hall–Kier alpha value is -1.50. The zero-order valence-electron chi connectivity index (χ0n) is 13.5. The van der Waals surface area contributed by atoms with Gasteiger partial charge in [0, 0.05) is 13.2 Å². The summed E-state index contributed by atoms with van der Waals surface area (Å²) >= 11 is 0. The molecule has 0 spiro atoms. The first-order valence-corrected chi connectivity index (χ1v) is 8.98. The molecule has 0 aliphatic heterocycles. The predicted octanol–water partition coefficient (Wildman–Crippen LogP) is 2.90. The van der Waals surface area contributed by atoms with Crippen molar-refractivity contribution >= 4 is 26.3 Å². The third kappa shape index (κ3) is 8.39. The molecule has 0 aromatic heterocycles. The maximum atomic E-state index is 10.1. The maximum absolute atomic E-state index is 10.1. The van der Waals surface area contributed by atoms with Crippen LogP contribution in [-0.4, -0.2) is 40.0 Å². The number of aliphatic imine (C=N–C) groups is 1. The SMILES string of the molecule is CCC(C)=NO[Si](CCCN=C=O)(OC)ON=C(C)CC. The van der Waals surface area contributed by atoms with E-state index in [1.807, 2.05) is 27.7 Å². The molecule has 0 rings (SSSR count). The van der Waals surface area contributed by atoms with Gasteiger partial charge in [-0.2, -0.15) is 0 Å². The first kappa shape index (κ1) is 19.5. The van der Waals surface area contributed by atoms with Gasteiger partial charge in [-0.1, -0.05) is 13.8 Å². The lowest BCUT2D eigenvalue weighted by atomic mass is 10.3. The van der Waals surface area contributed by atoms with Crippen LogP contribution >= 0.6 is 0 Å². The highest BCUT2D eigenvalue weighted by molar-refractivity contribution is 6.60. The summed E-state index contributed by atoms with van der Waals surface area (Å²) in [4.78, 5) is 13.6. The lowest BCUT2D eigenvalue weighted by molar-refractivity contribution is 0.0821. The summed E-state index contributed by atoms with van der Waals surface area (Å²) in [6, 6.07) is 0.468. The molecule has 0 radical (unpaired) electrons. The van der Waals surface area contributed by atoms with E-state index in [1.165, 1.54) is 13.2 Å². The molecule has 0 saturated carbocycles. The number of oxime groups is 2.